The average molecular weight is 458 g/mol. The molecule has 0 unspecified atom stereocenters. The number of alkyl halides is 3. The van der Waals surface area contributed by atoms with Crippen molar-refractivity contribution in [2.75, 3.05) is 32.8 Å². The van der Waals surface area contributed by atoms with Gasteiger partial charge in [0.2, 0.25) is 5.88 Å². The monoisotopic (exact) mass is 458 g/mol. The zero-order valence-corrected chi connectivity index (χ0v) is 15.8. The number of aliphatic imine (C=N–C) groups is 1. The smallest absolute Gasteiger partial charge is 0.417 e. The highest BCUT2D eigenvalue weighted by atomic mass is 127. The van der Waals surface area contributed by atoms with E-state index in [1.165, 1.54) is 6.07 Å². The molecule has 136 valence electrons. The Bertz CT molecular complexity index is 516. The number of hydrogen-bond donors (Lipinski definition) is 1. The summed E-state index contributed by atoms with van der Waals surface area (Å²) < 4.78 is 42.6. The van der Waals surface area contributed by atoms with Crippen LogP contribution in [0.4, 0.5) is 13.2 Å². The van der Waals surface area contributed by atoms with E-state index in [1.807, 2.05) is 6.92 Å². The number of likely N-dealkylation sites (tertiary alicyclic amines) is 1. The molecule has 2 rings (SSSR count). The normalized spacial score (nSPS) is 15.2. The minimum atomic E-state index is -4.38. The van der Waals surface area contributed by atoms with Gasteiger partial charge in [0.15, 0.2) is 5.96 Å². The highest BCUT2D eigenvalue weighted by Gasteiger charge is 2.30. The molecule has 0 radical (unpaired) electrons. The minimum Gasteiger partial charge on any atom is -0.476 e. The van der Waals surface area contributed by atoms with Crippen LogP contribution < -0.4 is 10.1 Å². The largest absolute Gasteiger partial charge is 0.476 e. The number of aromatic nitrogens is 1. The lowest BCUT2D eigenvalue weighted by atomic mass is 10.3. The quantitative estimate of drug-likeness (QED) is 0.319. The first-order valence-electron chi connectivity index (χ1n) is 7.70. The van der Waals surface area contributed by atoms with Gasteiger partial charge in [-0.15, -0.1) is 24.0 Å². The first kappa shape index (κ1) is 20.8. The Hall–Kier alpha value is -1.26. The van der Waals surface area contributed by atoms with Crippen molar-refractivity contribution < 1.29 is 17.9 Å². The van der Waals surface area contributed by atoms with Crippen LogP contribution in [0.1, 0.15) is 25.3 Å². The van der Waals surface area contributed by atoms with Gasteiger partial charge in [0.1, 0.15) is 6.61 Å². The maximum atomic E-state index is 12.4. The first-order valence-corrected chi connectivity index (χ1v) is 7.70. The SMILES string of the molecule is CCNC(=NCCOc1ccc(C(F)(F)F)cn1)N1CCCC1.I. The summed E-state index contributed by atoms with van der Waals surface area (Å²) in [5.41, 5.74) is -0.786. The van der Waals surface area contributed by atoms with Gasteiger partial charge in [0.25, 0.3) is 0 Å². The molecule has 9 heteroatoms. The van der Waals surface area contributed by atoms with E-state index in [0.717, 1.165) is 50.7 Å². The van der Waals surface area contributed by atoms with Crippen LogP contribution >= 0.6 is 24.0 Å². The molecule has 1 N–H and O–H groups in total. The summed E-state index contributed by atoms with van der Waals surface area (Å²) >= 11 is 0. The molecule has 0 bridgehead atoms. The van der Waals surface area contributed by atoms with E-state index in [4.69, 9.17) is 4.74 Å². The molecule has 24 heavy (non-hydrogen) atoms. The second-order valence-corrected chi connectivity index (χ2v) is 5.16. The van der Waals surface area contributed by atoms with Crippen molar-refractivity contribution in [2.24, 2.45) is 4.99 Å². The molecule has 0 aliphatic carbocycles. The average Bonchev–Trinajstić information content (AvgIpc) is 3.04. The summed E-state index contributed by atoms with van der Waals surface area (Å²) in [6.07, 6.45) is -1.29. The Morgan fingerprint density at radius 1 is 1.33 bits per heavy atom. The molecule has 0 spiro atoms. The summed E-state index contributed by atoms with van der Waals surface area (Å²) in [5, 5.41) is 3.23. The molecule has 1 aliphatic heterocycles. The number of pyridine rings is 1. The number of halogens is 4. The Kier molecular flexibility index (Phi) is 8.57. The highest BCUT2D eigenvalue weighted by Crippen LogP contribution is 2.29. The number of nitrogens with zero attached hydrogens (tertiary/aromatic N) is 3. The third kappa shape index (κ3) is 6.33. The lowest BCUT2D eigenvalue weighted by Crippen LogP contribution is -2.39. The van der Waals surface area contributed by atoms with Gasteiger partial charge >= 0.3 is 6.18 Å². The van der Waals surface area contributed by atoms with Crippen LogP contribution in [0.25, 0.3) is 0 Å². The van der Waals surface area contributed by atoms with Crippen molar-refractivity contribution in [1.29, 1.82) is 0 Å². The first-order chi connectivity index (χ1) is 11.0. The maximum Gasteiger partial charge on any atom is 0.417 e. The summed E-state index contributed by atoms with van der Waals surface area (Å²) in [7, 11) is 0. The van der Waals surface area contributed by atoms with Crippen molar-refractivity contribution >= 4 is 29.9 Å². The van der Waals surface area contributed by atoms with Crippen LogP contribution in [-0.2, 0) is 6.18 Å². The Balaban J connectivity index is 0.00000288. The Morgan fingerprint density at radius 3 is 2.58 bits per heavy atom. The second-order valence-electron chi connectivity index (χ2n) is 5.16. The van der Waals surface area contributed by atoms with Crippen molar-refractivity contribution in [3.05, 3.63) is 23.9 Å². The van der Waals surface area contributed by atoms with Gasteiger partial charge in [0.05, 0.1) is 12.1 Å². The fraction of sp³-hybridized carbons (Fsp3) is 0.600. The number of guanidine groups is 1. The molecule has 1 aromatic rings. The molecule has 2 heterocycles. The minimum absolute atomic E-state index is 0. The van der Waals surface area contributed by atoms with Crippen molar-refractivity contribution in [2.45, 2.75) is 25.9 Å². The molecule has 5 nitrogen and oxygen atoms in total. The molecule has 1 aliphatic rings. The van der Waals surface area contributed by atoms with Crippen LogP contribution in [0.5, 0.6) is 5.88 Å². The third-order valence-electron chi connectivity index (χ3n) is 3.41. The number of rotatable bonds is 5. The van der Waals surface area contributed by atoms with E-state index in [1.54, 1.807) is 0 Å². The predicted octanol–water partition coefficient (Wildman–Crippen LogP) is 3.16. The molecule has 0 amide bonds. The fourth-order valence-electron chi connectivity index (χ4n) is 2.29. The molecular formula is C15H22F3IN4O. The van der Waals surface area contributed by atoms with Gasteiger partial charge in [-0.25, -0.2) is 9.98 Å². The molecule has 1 fully saturated rings. The molecule has 1 saturated heterocycles. The topological polar surface area (TPSA) is 49.8 Å². The van der Waals surface area contributed by atoms with E-state index in [-0.39, 0.29) is 36.5 Å². The van der Waals surface area contributed by atoms with Crippen LogP contribution in [-0.4, -0.2) is 48.6 Å². The lowest BCUT2D eigenvalue weighted by molar-refractivity contribution is -0.137. The van der Waals surface area contributed by atoms with Gasteiger partial charge in [-0.1, -0.05) is 0 Å². The number of ether oxygens (including phenoxy) is 1. The predicted molar refractivity (Wildman–Crippen MR) is 96.9 cm³/mol. The van der Waals surface area contributed by atoms with E-state index < -0.39 is 11.7 Å². The van der Waals surface area contributed by atoms with Gasteiger partial charge in [-0.3, -0.25) is 0 Å². The maximum absolute atomic E-state index is 12.4. The fourth-order valence-corrected chi connectivity index (χ4v) is 2.29. The van der Waals surface area contributed by atoms with E-state index in [2.05, 4.69) is 20.2 Å². The highest BCUT2D eigenvalue weighted by molar-refractivity contribution is 14.0. The number of nitrogens with one attached hydrogen (secondary N) is 1. The standard InChI is InChI=1S/C15H21F3N4O.HI/c1-2-19-14(22-8-3-4-9-22)20-7-10-23-13-6-5-12(11-21-13)15(16,17)18;/h5-6,11H,2-4,7-10H2,1H3,(H,19,20);1H. The van der Waals surface area contributed by atoms with Crippen LogP contribution in [0.15, 0.2) is 23.3 Å². The van der Waals surface area contributed by atoms with Gasteiger partial charge < -0.3 is 15.0 Å². The summed E-state index contributed by atoms with van der Waals surface area (Å²) in [6.45, 7) is 5.47. The Morgan fingerprint density at radius 2 is 2.04 bits per heavy atom. The summed E-state index contributed by atoms with van der Waals surface area (Å²) in [5.74, 6) is 1.02. The molecule has 1 aromatic heterocycles. The zero-order chi connectivity index (χ0) is 16.7. The Labute approximate surface area is 156 Å². The van der Waals surface area contributed by atoms with Crippen LogP contribution in [0.2, 0.25) is 0 Å². The van der Waals surface area contributed by atoms with Gasteiger partial charge in [-0.05, 0) is 25.8 Å². The summed E-state index contributed by atoms with van der Waals surface area (Å²) in [4.78, 5) is 10.3. The van der Waals surface area contributed by atoms with Crippen molar-refractivity contribution in [3.8, 4) is 5.88 Å². The van der Waals surface area contributed by atoms with E-state index in [9.17, 15) is 13.2 Å². The number of hydrogen-bond acceptors (Lipinski definition) is 3. The lowest BCUT2D eigenvalue weighted by Gasteiger charge is -2.20. The van der Waals surface area contributed by atoms with Gasteiger partial charge in [-0.2, -0.15) is 13.2 Å². The second kappa shape index (κ2) is 9.90. The van der Waals surface area contributed by atoms with Crippen molar-refractivity contribution in [1.82, 2.24) is 15.2 Å². The van der Waals surface area contributed by atoms with Gasteiger partial charge in [0, 0.05) is 31.9 Å². The molecule has 0 saturated carbocycles. The third-order valence-corrected chi connectivity index (χ3v) is 3.41. The molecule has 0 aromatic carbocycles. The van der Waals surface area contributed by atoms with Crippen molar-refractivity contribution in [3.63, 3.8) is 0 Å². The van der Waals surface area contributed by atoms with E-state index in [0.29, 0.717) is 6.54 Å². The summed E-state index contributed by atoms with van der Waals surface area (Å²) in [6, 6.07) is 2.18. The molecule has 0 atom stereocenters. The zero-order valence-electron chi connectivity index (χ0n) is 13.5. The van der Waals surface area contributed by atoms with E-state index >= 15 is 0 Å². The van der Waals surface area contributed by atoms with Crippen LogP contribution in [0, 0.1) is 0 Å². The molecular weight excluding hydrogens is 436 g/mol. The van der Waals surface area contributed by atoms with Crippen LogP contribution in [0.3, 0.4) is 0 Å².